The van der Waals surface area contributed by atoms with Crippen molar-refractivity contribution in [2.75, 3.05) is 26.7 Å². The zero-order valence-electron chi connectivity index (χ0n) is 14.3. The molecule has 1 heterocycles. The number of carbonyl (C=O) groups is 1. The van der Waals surface area contributed by atoms with E-state index in [-0.39, 0.29) is 11.7 Å². The van der Waals surface area contributed by atoms with Gasteiger partial charge < -0.3 is 14.9 Å². The third-order valence-corrected chi connectivity index (χ3v) is 4.20. The predicted molar refractivity (Wildman–Crippen MR) is 88.3 cm³/mol. The molecule has 0 aliphatic carbocycles. The van der Waals surface area contributed by atoms with Gasteiger partial charge in [0.15, 0.2) is 5.60 Å². The minimum Gasteiger partial charge on any atom is -0.379 e. The Kier molecular flexibility index (Phi) is 5.76. The number of likely N-dealkylation sites (tertiary alicyclic amines) is 1. The number of halogens is 1. The van der Waals surface area contributed by atoms with Gasteiger partial charge in [0, 0.05) is 26.2 Å². The van der Waals surface area contributed by atoms with E-state index >= 15 is 0 Å². The molecule has 0 spiro atoms. The molecule has 0 bridgehead atoms. The van der Waals surface area contributed by atoms with Crippen LogP contribution in [0, 0.1) is 11.7 Å². The van der Waals surface area contributed by atoms with E-state index in [1.54, 1.807) is 17.0 Å². The first-order valence-electron chi connectivity index (χ1n) is 8.25. The fourth-order valence-electron chi connectivity index (χ4n) is 3.31. The highest BCUT2D eigenvalue weighted by Gasteiger charge is 2.42. The molecule has 1 atom stereocenters. The maximum atomic E-state index is 13.0. The van der Waals surface area contributed by atoms with Crippen molar-refractivity contribution in [2.45, 2.75) is 38.8 Å². The van der Waals surface area contributed by atoms with Crippen LogP contribution in [0.1, 0.15) is 32.3 Å². The van der Waals surface area contributed by atoms with Gasteiger partial charge in [0.05, 0.1) is 0 Å². The lowest BCUT2D eigenvalue weighted by molar-refractivity contribution is -0.160. The van der Waals surface area contributed by atoms with E-state index in [1.807, 2.05) is 11.9 Å². The summed E-state index contributed by atoms with van der Waals surface area (Å²) in [4.78, 5) is 16.4. The normalized spacial score (nSPS) is 22.2. The lowest BCUT2D eigenvalue weighted by Gasteiger charge is -2.40. The van der Waals surface area contributed by atoms with Crippen molar-refractivity contribution in [3.8, 4) is 0 Å². The number of likely N-dealkylation sites (N-methyl/N-ethyl adjacent to an activating group) is 1. The largest absolute Gasteiger partial charge is 0.379 e. The molecule has 1 unspecified atom stereocenters. The number of aliphatic hydroxyl groups is 1. The minimum atomic E-state index is -1.32. The highest BCUT2D eigenvalue weighted by molar-refractivity contribution is 5.86. The Morgan fingerprint density at radius 2 is 2.00 bits per heavy atom. The summed E-state index contributed by atoms with van der Waals surface area (Å²) in [5.74, 6) is -0.0215. The molecule has 5 heteroatoms. The smallest absolute Gasteiger partial charge is 0.256 e. The summed E-state index contributed by atoms with van der Waals surface area (Å²) in [6.07, 6.45) is 1.27. The Hall–Kier alpha value is -1.46. The van der Waals surface area contributed by atoms with Gasteiger partial charge in [0.25, 0.3) is 5.91 Å². The van der Waals surface area contributed by atoms with E-state index in [2.05, 4.69) is 13.8 Å². The second-order valence-corrected chi connectivity index (χ2v) is 7.08. The summed E-state index contributed by atoms with van der Waals surface area (Å²) >= 11 is 0. The quantitative estimate of drug-likeness (QED) is 0.874. The number of nitrogens with zero attached hydrogens (tertiary/aromatic N) is 2. The van der Waals surface area contributed by atoms with E-state index in [9.17, 15) is 14.3 Å². The predicted octanol–water partition coefficient (Wildman–Crippen LogP) is 2.27. The average Bonchev–Trinajstić information content (AvgIpc) is 2.45. The van der Waals surface area contributed by atoms with Crippen LogP contribution in [0.4, 0.5) is 4.39 Å². The Labute approximate surface area is 137 Å². The first-order valence-corrected chi connectivity index (χ1v) is 8.25. The maximum Gasteiger partial charge on any atom is 0.256 e. The van der Waals surface area contributed by atoms with Crippen LogP contribution < -0.4 is 0 Å². The summed E-state index contributed by atoms with van der Waals surface area (Å²) in [5, 5.41) is 10.8. The molecule has 23 heavy (non-hydrogen) atoms. The summed E-state index contributed by atoms with van der Waals surface area (Å²) in [5.41, 5.74) is -0.443. The highest BCUT2D eigenvalue weighted by atomic mass is 19.1. The summed E-state index contributed by atoms with van der Waals surface area (Å²) < 4.78 is 13.0. The van der Waals surface area contributed by atoms with Crippen LogP contribution in [-0.2, 0) is 11.3 Å². The van der Waals surface area contributed by atoms with Crippen molar-refractivity contribution in [2.24, 2.45) is 5.92 Å². The van der Waals surface area contributed by atoms with E-state index in [0.717, 1.165) is 18.5 Å². The van der Waals surface area contributed by atoms with Gasteiger partial charge in [-0.05, 0) is 43.5 Å². The summed E-state index contributed by atoms with van der Waals surface area (Å²) in [6, 6.07) is 6.15. The fraction of sp³-hybridized carbons (Fsp3) is 0.611. The van der Waals surface area contributed by atoms with E-state index < -0.39 is 5.60 Å². The number of hydrogen-bond donors (Lipinski definition) is 1. The number of benzene rings is 1. The molecule has 1 fully saturated rings. The van der Waals surface area contributed by atoms with Crippen LogP contribution in [0.15, 0.2) is 24.3 Å². The SMILES string of the molecule is CC(C)CN(C)CC1(O)CCCN(Cc2ccc(F)cc2)C1=O. The number of piperidine rings is 1. The second-order valence-electron chi connectivity index (χ2n) is 7.08. The molecule has 1 N–H and O–H groups in total. The molecular formula is C18H27FN2O2. The van der Waals surface area contributed by atoms with Gasteiger partial charge in [-0.3, -0.25) is 4.79 Å². The molecular weight excluding hydrogens is 295 g/mol. The molecule has 128 valence electrons. The molecule has 0 saturated carbocycles. The van der Waals surface area contributed by atoms with Crippen molar-refractivity contribution in [1.82, 2.24) is 9.80 Å². The summed E-state index contributed by atoms with van der Waals surface area (Å²) in [6.45, 7) is 6.47. The molecule has 0 radical (unpaired) electrons. The van der Waals surface area contributed by atoms with Crippen molar-refractivity contribution in [1.29, 1.82) is 0 Å². The van der Waals surface area contributed by atoms with Crippen LogP contribution in [0.5, 0.6) is 0 Å². The van der Waals surface area contributed by atoms with Crippen molar-refractivity contribution < 1.29 is 14.3 Å². The van der Waals surface area contributed by atoms with Gasteiger partial charge in [-0.15, -0.1) is 0 Å². The lowest BCUT2D eigenvalue weighted by atomic mass is 9.90. The van der Waals surface area contributed by atoms with Crippen LogP contribution >= 0.6 is 0 Å². The van der Waals surface area contributed by atoms with Crippen LogP contribution in [0.25, 0.3) is 0 Å². The molecule has 0 aromatic heterocycles. The number of amides is 1. The maximum absolute atomic E-state index is 13.0. The van der Waals surface area contributed by atoms with Crippen LogP contribution in [0.3, 0.4) is 0 Å². The van der Waals surface area contributed by atoms with E-state index in [4.69, 9.17) is 0 Å². The van der Waals surface area contributed by atoms with Crippen LogP contribution in [0.2, 0.25) is 0 Å². The number of hydrogen-bond acceptors (Lipinski definition) is 3. The third kappa shape index (κ3) is 4.75. The first-order chi connectivity index (χ1) is 10.8. The Morgan fingerprint density at radius 3 is 2.61 bits per heavy atom. The molecule has 1 amide bonds. The average molecular weight is 322 g/mol. The Bertz CT molecular complexity index is 532. The number of carbonyl (C=O) groups excluding carboxylic acids is 1. The fourth-order valence-corrected chi connectivity index (χ4v) is 3.31. The Balaban J connectivity index is 2.03. The molecule has 1 aliphatic heterocycles. The minimum absolute atomic E-state index is 0.219. The molecule has 2 rings (SSSR count). The van der Waals surface area contributed by atoms with Gasteiger partial charge in [-0.2, -0.15) is 0 Å². The standard InChI is InChI=1S/C18H27FN2O2/c1-14(2)11-20(3)13-18(23)9-4-10-21(17(18)22)12-15-5-7-16(19)8-6-15/h5-8,14,23H,4,9-13H2,1-3H3. The molecule has 1 aliphatic rings. The third-order valence-electron chi connectivity index (χ3n) is 4.20. The zero-order valence-corrected chi connectivity index (χ0v) is 14.3. The second kappa shape index (κ2) is 7.41. The lowest BCUT2D eigenvalue weighted by Crippen LogP contribution is -2.58. The van der Waals surface area contributed by atoms with Gasteiger partial charge in [-0.25, -0.2) is 4.39 Å². The molecule has 4 nitrogen and oxygen atoms in total. The topological polar surface area (TPSA) is 43.8 Å². The Morgan fingerprint density at radius 1 is 1.35 bits per heavy atom. The van der Waals surface area contributed by atoms with E-state index in [0.29, 0.717) is 32.0 Å². The molecule has 1 aromatic rings. The molecule has 1 saturated heterocycles. The van der Waals surface area contributed by atoms with Gasteiger partial charge in [0.2, 0.25) is 0 Å². The monoisotopic (exact) mass is 322 g/mol. The zero-order chi connectivity index (χ0) is 17.0. The van der Waals surface area contributed by atoms with Crippen LogP contribution in [-0.4, -0.2) is 53.1 Å². The highest BCUT2D eigenvalue weighted by Crippen LogP contribution is 2.25. The first kappa shape index (κ1) is 17.9. The number of rotatable bonds is 6. The van der Waals surface area contributed by atoms with Gasteiger partial charge in [0.1, 0.15) is 5.82 Å². The van der Waals surface area contributed by atoms with Crippen molar-refractivity contribution in [3.63, 3.8) is 0 Å². The van der Waals surface area contributed by atoms with Gasteiger partial charge in [-0.1, -0.05) is 26.0 Å². The van der Waals surface area contributed by atoms with E-state index in [1.165, 1.54) is 12.1 Å². The summed E-state index contributed by atoms with van der Waals surface area (Å²) in [7, 11) is 1.93. The van der Waals surface area contributed by atoms with Crippen molar-refractivity contribution in [3.05, 3.63) is 35.6 Å². The van der Waals surface area contributed by atoms with Gasteiger partial charge >= 0.3 is 0 Å². The van der Waals surface area contributed by atoms with Crippen molar-refractivity contribution >= 4 is 5.91 Å². The molecule has 1 aromatic carbocycles.